The monoisotopic (exact) mass is 289 g/mol. The van der Waals surface area contributed by atoms with E-state index in [2.05, 4.69) is 10.3 Å². The number of thioether (sulfide) groups is 1. The highest BCUT2D eigenvalue weighted by Gasteiger charge is 2.11. The molecule has 0 saturated carbocycles. The molecule has 1 aromatic heterocycles. The number of hydrogen-bond acceptors (Lipinski definition) is 5. The summed E-state index contributed by atoms with van der Waals surface area (Å²) in [5.41, 5.74) is 8.94. The summed E-state index contributed by atoms with van der Waals surface area (Å²) in [6.07, 6.45) is 0. The maximum absolute atomic E-state index is 10.6. The summed E-state index contributed by atoms with van der Waals surface area (Å²) in [6, 6.07) is 11.5. The number of nitrogen functional groups attached to an aromatic ring is 1. The minimum atomic E-state index is -0.893. The second-order valence-corrected chi connectivity index (χ2v) is 5.17. The second kappa shape index (κ2) is 6.29. The minimum absolute atomic E-state index is 0.0641. The molecule has 0 spiro atoms. The Kier molecular flexibility index (Phi) is 4.47. The second-order valence-electron chi connectivity index (χ2n) is 4.20. The van der Waals surface area contributed by atoms with Crippen LogP contribution in [0, 0.1) is 6.92 Å². The van der Waals surface area contributed by atoms with Gasteiger partial charge in [-0.1, -0.05) is 30.0 Å². The number of aromatic nitrogens is 1. The van der Waals surface area contributed by atoms with Crippen LogP contribution in [0.4, 0.5) is 17.1 Å². The Morgan fingerprint density at radius 1 is 1.40 bits per heavy atom. The van der Waals surface area contributed by atoms with E-state index in [1.54, 1.807) is 0 Å². The van der Waals surface area contributed by atoms with E-state index in [1.165, 1.54) is 0 Å². The number of para-hydroxylation sites is 1. The summed E-state index contributed by atoms with van der Waals surface area (Å²) in [5, 5.41) is 12.5. The third-order valence-electron chi connectivity index (χ3n) is 2.54. The fourth-order valence-corrected chi connectivity index (χ4v) is 2.41. The van der Waals surface area contributed by atoms with Crippen molar-refractivity contribution in [2.24, 2.45) is 0 Å². The Morgan fingerprint density at radius 3 is 2.75 bits per heavy atom. The molecule has 0 aliphatic rings. The molecule has 0 radical (unpaired) electrons. The number of carbonyl (C=O) groups is 1. The fraction of sp³-hybridized carbons (Fsp3) is 0.143. The van der Waals surface area contributed by atoms with E-state index in [0.717, 1.165) is 28.8 Å². The zero-order valence-corrected chi connectivity index (χ0v) is 11.8. The maximum atomic E-state index is 10.6. The Morgan fingerprint density at radius 2 is 2.10 bits per heavy atom. The average Bonchev–Trinajstić information content (AvgIpc) is 2.42. The molecule has 2 rings (SSSR count). The van der Waals surface area contributed by atoms with Crippen LogP contribution < -0.4 is 11.1 Å². The van der Waals surface area contributed by atoms with Crippen LogP contribution in [0.15, 0.2) is 41.4 Å². The third kappa shape index (κ3) is 3.64. The standard InChI is InChI=1S/C14H15N3O2S/c1-9-7-11(17-10-5-3-2-4-6-10)13(15)14(16-9)20-8-12(18)19/h2-7H,8,15H2,1H3,(H,16,17)(H,18,19). The molecule has 1 heterocycles. The van der Waals surface area contributed by atoms with Crippen molar-refractivity contribution in [3.8, 4) is 0 Å². The number of nitrogens with zero attached hydrogens (tertiary/aromatic N) is 1. The predicted molar refractivity (Wildman–Crippen MR) is 81.5 cm³/mol. The van der Waals surface area contributed by atoms with Gasteiger partial charge in [0, 0.05) is 11.4 Å². The molecule has 5 nitrogen and oxygen atoms in total. The lowest BCUT2D eigenvalue weighted by Crippen LogP contribution is -2.04. The zero-order chi connectivity index (χ0) is 14.5. The van der Waals surface area contributed by atoms with Gasteiger partial charge in [-0.25, -0.2) is 4.98 Å². The molecule has 0 bridgehead atoms. The van der Waals surface area contributed by atoms with E-state index in [4.69, 9.17) is 10.8 Å². The van der Waals surface area contributed by atoms with E-state index < -0.39 is 5.97 Å². The van der Waals surface area contributed by atoms with Gasteiger partial charge in [-0.3, -0.25) is 4.79 Å². The van der Waals surface area contributed by atoms with E-state index in [1.807, 2.05) is 43.3 Å². The highest BCUT2D eigenvalue weighted by atomic mass is 32.2. The van der Waals surface area contributed by atoms with Crippen LogP contribution >= 0.6 is 11.8 Å². The summed E-state index contributed by atoms with van der Waals surface area (Å²) < 4.78 is 0. The lowest BCUT2D eigenvalue weighted by molar-refractivity contribution is -0.133. The normalized spacial score (nSPS) is 10.2. The highest BCUT2D eigenvalue weighted by Crippen LogP contribution is 2.32. The smallest absolute Gasteiger partial charge is 0.313 e. The van der Waals surface area contributed by atoms with Crippen molar-refractivity contribution in [3.63, 3.8) is 0 Å². The molecule has 0 atom stereocenters. The SMILES string of the molecule is Cc1cc(Nc2ccccc2)c(N)c(SCC(=O)O)n1. The van der Waals surface area contributed by atoms with Crippen molar-refractivity contribution in [1.82, 2.24) is 4.98 Å². The molecule has 0 unspecified atom stereocenters. The topological polar surface area (TPSA) is 88.2 Å². The molecule has 1 aromatic carbocycles. The van der Waals surface area contributed by atoms with Crippen molar-refractivity contribution < 1.29 is 9.90 Å². The molecule has 104 valence electrons. The lowest BCUT2D eigenvalue weighted by atomic mass is 10.2. The average molecular weight is 289 g/mol. The van der Waals surface area contributed by atoms with Crippen LogP contribution in [0.25, 0.3) is 0 Å². The molecule has 20 heavy (non-hydrogen) atoms. The molecule has 0 aliphatic carbocycles. The summed E-state index contributed by atoms with van der Waals surface area (Å²) in [7, 11) is 0. The van der Waals surface area contributed by atoms with Gasteiger partial charge in [-0.05, 0) is 25.1 Å². The number of nitrogens with two attached hydrogens (primary N) is 1. The number of aliphatic carboxylic acids is 1. The molecule has 0 fully saturated rings. The molecule has 4 N–H and O–H groups in total. The van der Waals surface area contributed by atoms with Gasteiger partial charge < -0.3 is 16.2 Å². The van der Waals surface area contributed by atoms with Crippen molar-refractivity contribution in [2.75, 3.05) is 16.8 Å². The summed E-state index contributed by atoms with van der Waals surface area (Å²) in [5.74, 6) is -0.957. The number of rotatable bonds is 5. The first-order valence-electron chi connectivity index (χ1n) is 6.00. The predicted octanol–water partition coefficient (Wildman–Crippen LogP) is 2.89. The van der Waals surface area contributed by atoms with Gasteiger partial charge in [0.05, 0.1) is 17.1 Å². The molecule has 0 amide bonds. The van der Waals surface area contributed by atoms with Gasteiger partial charge in [0.15, 0.2) is 0 Å². The van der Waals surface area contributed by atoms with Gasteiger partial charge in [-0.2, -0.15) is 0 Å². The van der Waals surface area contributed by atoms with Crippen LogP contribution in [-0.4, -0.2) is 21.8 Å². The van der Waals surface area contributed by atoms with Crippen LogP contribution in [0.1, 0.15) is 5.69 Å². The number of hydrogen-bond donors (Lipinski definition) is 3. The minimum Gasteiger partial charge on any atom is -0.481 e. The van der Waals surface area contributed by atoms with Crippen LogP contribution in [0.3, 0.4) is 0 Å². The first-order chi connectivity index (χ1) is 9.56. The van der Waals surface area contributed by atoms with E-state index >= 15 is 0 Å². The lowest BCUT2D eigenvalue weighted by Gasteiger charge is -2.13. The Bertz CT molecular complexity index is 617. The first kappa shape index (κ1) is 14.2. The summed E-state index contributed by atoms with van der Waals surface area (Å²) >= 11 is 1.12. The Labute approximate surface area is 121 Å². The molecule has 0 saturated heterocycles. The van der Waals surface area contributed by atoms with Crippen molar-refractivity contribution in [3.05, 3.63) is 42.1 Å². The van der Waals surface area contributed by atoms with Crippen molar-refractivity contribution >= 4 is 34.8 Å². The number of benzene rings is 1. The number of anilines is 3. The molecular formula is C14H15N3O2S. The fourth-order valence-electron chi connectivity index (χ4n) is 1.68. The van der Waals surface area contributed by atoms with Gasteiger partial charge in [0.25, 0.3) is 0 Å². The van der Waals surface area contributed by atoms with Crippen molar-refractivity contribution in [1.29, 1.82) is 0 Å². The van der Waals surface area contributed by atoms with Gasteiger partial charge in [-0.15, -0.1) is 0 Å². The summed E-state index contributed by atoms with van der Waals surface area (Å²) in [6.45, 7) is 1.85. The molecular weight excluding hydrogens is 274 g/mol. The quantitative estimate of drug-likeness (QED) is 0.733. The molecule has 6 heteroatoms. The highest BCUT2D eigenvalue weighted by molar-refractivity contribution is 8.00. The van der Waals surface area contributed by atoms with E-state index in [9.17, 15) is 4.79 Å². The third-order valence-corrected chi connectivity index (χ3v) is 3.51. The van der Waals surface area contributed by atoms with Gasteiger partial charge in [0.1, 0.15) is 5.03 Å². The Balaban J connectivity index is 2.26. The number of aryl methyl sites for hydroxylation is 1. The maximum Gasteiger partial charge on any atom is 0.313 e. The first-order valence-corrected chi connectivity index (χ1v) is 6.98. The van der Waals surface area contributed by atoms with Gasteiger partial charge >= 0.3 is 5.97 Å². The zero-order valence-electron chi connectivity index (χ0n) is 11.0. The largest absolute Gasteiger partial charge is 0.481 e. The van der Waals surface area contributed by atoms with E-state index in [-0.39, 0.29) is 5.75 Å². The Hall–Kier alpha value is -2.21. The number of pyridine rings is 1. The number of carboxylic acids is 1. The van der Waals surface area contributed by atoms with E-state index in [0.29, 0.717) is 10.7 Å². The number of nitrogens with one attached hydrogen (secondary N) is 1. The van der Waals surface area contributed by atoms with Crippen LogP contribution in [0.5, 0.6) is 0 Å². The summed E-state index contributed by atoms with van der Waals surface area (Å²) in [4.78, 5) is 14.9. The molecule has 2 aromatic rings. The molecule has 0 aliphatic heterocycles. The number of carboxylic acid groups (broad SMARTS) is 1. The van der Waals surface area contributed by atoms with Gasteiger partial charge in [0.2, 0.25) is 0 Å². The van der Waals surface area contributed by atoms with Crippen LogP contribution in [-0.2, 0) is 4.79 Å². The van der Waals surface area contributed by atoms with Crippen molar-refractivity contribution in [2.45, 2.75) is 11.9 Å². The van der Waals surface area contributed by atoms with Crippen LogP contribution in [0.2, 0.25) is 0 Å².